The second-order valence-electron chi connectivity index (χ2n) is 12.6. The number of nitrogens with zero attached hydrogens (tertiary/aromatic N) is 2. The summed E-state index contributed by atoms with van der Waals surface area (Å²) in [5, 5.41) is 9.70. The van der Waals surface area contributed by atoms with Crippen molar-refractivity contribution in [2.24, 2.45) is 0 Å². The minimum absolute atomic E-state index is 0.0294. The normalized spacial score (nSPS) is 18.0. The molecular formula is C35H44N2O13S3-2. The fourth-order valence-corrected chi connectivity index (χ4v) is 7.92. The Hall–Kier alpha value is -3.46. The molecule has 2 aliphatic heterocycles. The second-order valence-corrected chi connectivity index (χ2v) is 17.0. The van der Waals surface area contributed by atoms with E-state index in [2.05, 4.69) is 0 Å². The lowest BCUT2D eigenvalue weighted by Gasteiger charge is -2.30. The average molecular weight is 797 g/mol. The molecule has 4 rings (SSSR count). The maximum Gasteiger partial charge on any atom is 0.203 e. The Kier molecular flexibility index (Phi) is 14.6. The van der Waals surface area contributed by atoms with Gasteiger partial charge in [-0.1, -0.05) is 12.2 Å². The summed E-state index contributed by atoms with van der Waals surface area (Å²) in [6.07, 6.45) is 7.26. The van der Waals surface area contributed by atoms with Crippen LogP contribution >= 0.6 is 0 Å². The summed E-state index contributed by atoms with van der Waals surface area (Å²) in [5.41, 5.74) is 2.25. The van der Waals surface area contributed by atoms with E-state index in [-0.39, 0.29) is 58.8 Å². The minimum atomic E-state index is -4.83. The molecule has 15 nitrogen and oxygen atoms in total. The quantitative estimate of drug-likeness (QED) is 0.0981. The van der Waals surface area contributed by atoms with Crippen LogP contribution in [0.4, 0.5) is 5.69 Å². The topological polar surface area (TPSA) is 230 Å². The largest absolute Gasteiger partial charge is 0.748 e. The van der Waals surface area contributed by atoms with Crippen molar-refractivity contribution in [2.75, 3.05) is 69.1 Å². The van der Waals surface area contributed by atoms with Gasteiger partial charge in [-0.05, 0) is 74.2 Å². The van der Waals surface area contributed by atoms with Gasteiger partial charge in [0, 0.05) is 52.9 Å². The summed E-state index contributed by atoms with van der Waals surface area (Å²) in [7, 11) is -13.7. The number of allylic oxidation sites excluding steroid dienone is 3. The van der Waals surface area contributed by atoms with Crippen LogP contribution in [0.15, 0.2) is 75.9 Å². The summed E-state index contributed by atoms with van der Waals surface area (Å²) in [6, 6.07) is 11.4. The zero-order chi connectivity index (χ0) is 38.9. The van der Waals surface area contributed by atoms with E-state index in [0.29, 0.717) is 35.8 Å². The number of rotatable bonds is 20. The fraction of sp³-hybridized carbons (Fsp3) is 0.457. The molecule has 1 unspecified atom stereocenters. The monoisotopic (exact) mass is 796 g/mol. The molecule has 292 valence electrons. The third kappa shape index (κ3) is 11.8. The van der Waals surface area contributed by atoms with Crippen molar-refractivity contribution in [1.29, 1.82) is 0 Å². The molecule has 1 aromatic rings. The highest BCUT2D eigenvalue weighted by atomic mass is 32.2. The maximum atomic E-state index is 12.1. The Morgan fingerprint density at radius 3 is 2.26 bits per heavy atom. The van der Waals surface area contributed by atoms with Gasteiger partial charge in [-0.15, -0.1) is 0 Å². The van der Waals surface area contributed by atoms with Crippen LogP contribution in [0.5, 0.6) is 0 Å². The Morgan fingerprint density at radius 1 is 0.906 bits per heavy atom. The molecule has 0 bridgehead atoms. The molecule has 0 amide bonds. The van der Waals surface area contributed by atoms with Crippen molar-refractivity contribution in [3.05, 3.63) is 83.1 Å². The van der Waals surface area contributed by atoms with Crippen molar-refractivity contribution in [1.82, 2.24) is 4.58 Å². The van der Waals surface area contributed by atoms with Crippen molar-refractivity contribution < 1.29 is 57.9 Å². The van der Waals surface area contributed by atoms with Gasteiger partial charge in [-0.2, -0.15) is 0 Å². The number of ether oxygens (including phenoxy) is 2. The molecule has 1 N–H and O–H groups in total. The van der Waals surface area contributed by atoms with Gasteiger partial charge in [-0.3, -0.25) is 0 Å². The lowest BCUT2D eigenvalue weighted by molar-refractivity contribution is 0.0353. The highest BCUT2D eigenvalue weighted by molar-refractivity contribution is 7.86. The smallest absolute Gasteiger partial charge is 0.203 e. The first-order valence-corrected chi connectivity index (χ1v) is 21.5. The van der Waals surface area contributed by atoms with E-state index in [1.54, 1.807) is 19.1 Å². The Balaban J connectivity index is 1.73. The molecule has 0 radical (unpaired) electrons. The van der Waals surface area contributed by atoms with Crippen molar-refractivity contribution in [2.45, 2.75) is 43.4 Å². The first kappa shape index (κ1) is 42.3. The standard InChI is InChI=1S/C35H46N2O13S3/c1-3-36(15-6-24-52(42,43)44)28-9-11-30-27(13-18-50-33(30)25-28)7-4-8-34-35(2,14-5-23-51(39,40)41)31-26-29(53(45,46)47)10-12-32(31)37(34)16-19-48-21-22-49-20-17-38/h4,7-13,18,25-26,38H,3,5-6,14-17,19-24H2,1-2H3,(H2-,39,40,41,42,43,44,45,46,47)/p-2. The molecule has 1 aromatic carbocycles. The predicted octanol–water partition coefficient (Wildman–Crippen LogP) is 2.04. The van der Waals surface area contributed by atoms with Gasteiger partial charge in [0.2, 0.25) is 5.36 Å². The molecule has 1 aliphatic carbocycles. The fourth-order valence-electron chi connectivity index (χ4n) is 6.44. The van der Waals surface area contributed by atoms with E-state index in [4.69, 9.17) is 19.0 Å². The number of aliphatic hydroxyl groups is 1. The second kappa shape index (κ2) is 18.2. The van der Waals surface area contributed by atoms with Crippen LogP contribution in [0.1, 0.15) is 44.2 Å². The summed E-state index contributed by atoms with van der Waals surface area (Å²) in [5.74, 6) is -0.541. The number of hydrogen-bond donors (Lipinski definition) is 1. The third-order valence-electron chi connectivity index (χ3n) is 8.95. The van der Waals surface area contributed by atoms with Crippen LogP contribution in [0.3, 0.4) is 0 Å². The molecule has 0 spiro atoms. The predicted molar refractivity (Wildman–Crippen MR) is 194 cm³/mol. The van der Waals surface area contributed by atoms with Crippen LogP contribution < -0.4 is 14.8 Å². The number of benzene rings is 2. The molecule has 53 heavy (non-hydrogen) atoms. The van der Waals surface area contributed by atoms with Crippen LogP contribution in [-0.2, 0) is 45.2 Å². The van der Waals surface area contributed by atoms with E-state index in [0.717, 1.165) is 16.5 Å². The first-order chi connectivity index (χ1) is 25.0. The highest BCUT2D eigenvalue weighted by Crippen LogP contribution is 2.51. The average Bonchev–Trinajstić information content (AvgIpc) is 3.30. The SMILES string of the molecule is CC[N+](CCCS(=O)(=O)[O-])=c1ccc2c(/C=C/C=C3/N(CCOCCOCCO)c4ccc(S(=O)(=O)[O-])cc4C3(C)CCCS(=O)(=O)[O-])ccoc-2c1. The molecule has 0 saturated heterocycles. The number of hydrogen-bond acceptors (Lipinski definition) is 14. The highest BCUT2D eigenvalue weighted by Gasteiger charge is 2.43. The summed E-state index contributed by atoms with van der Waals surface area (Å²) in [4.78, 5) is 1.47. The van der Waals surface area contributed by atoms with Crippen molar-refractivity contribution in [3.8, 4) is 11.3 Å². The van der Waals surface area contributed by atoms with Gasteiger partial charge >= 0.3 is 0 Å². The maximum absolute atomic E-state index is 12.1. The van der Waals surface area contributed by atoms with Crippen LogP contribution in [0.25, 0.3) is 17.4 Å². The number of aliphatic hydroxyl groups excluding tert-OH is 1. The van der Waals surface area contributed by atoms with Crippen LogP contribution in [-0.4, -0.2) is 108 Å². The van der Waals surface area contributed by atoms with E-state index in [1.807, 2.05) is 46.8 Å². The molecule has 18 heteroatoms. The molecule has 0 aromatic heterocycles. The summed E-state index contributed by atoms with van der Waals surface area (Å²) < 4.78 is 123. The van der Waals surface area contributed by atoms with E-state index < -0.39 is 52.2 Å². The number of anilines is 1. The van der Waals surface area contributed by atoms with Gasteiger partial charge in [0.25, 0.3) is 0 Å². The Morgan fingerprint density at radius 2 is 1.60 bits per heavy atom. The van der Waals surface area contributed by atoms with Gasteiger partial charge in [-0.25, -0.2) is 29.8 Å². The third-order valence-corrected chi connectivity index (χ3v) is 11.4. The Bertz CT molecular complexity index is 2160. The molecule has 1 atom stereocenters. The summed E-state index contributed by atoms with van der Waals surface area (Å²) in [6.45, 7) is 5.71. The molecule has 3 aliphatic rings. The lowest BCUT2D eigenvalue weighted by atomic mass is 9.77. The van der Waals surface area contributed by atoms with Crippen LogP contribution in [0, 0.1) is 0 Å². The van der Waals surface area contributed by atoms with E-state index >= 15 is 0 Å². The minimum Gasteiger partial charge on any atom is -0.748 e. The lowest BCUT2D eigenvalue weighted by Crippen LogP contribution is -2.31. The zero-order valence-corrected chi connectivity index (χ0v) is 32.0. The first-order valence-electron chi connectivity index (χ1n) is 17.0. The molecular weight excluding hydrogens is 753 g/mol. The van der Waals surface area contributed by atoms with Gasteiger partial charge in [0.15, 0.2) is 0 Å². The van der Waals surface area contributed by atoms with Gasteiger partial charge in [0.1, 0.15) is 29.0 Å². The Labute approximate surface area is 310 Å². The van der Waals surface area contributed by atoms with Crippen molar-refractivity contribution in [3.63, 3.8) is 0 Å². The zero-order valence-electron chi connectivity index (χ0n) is 29.5. The molecule has 2 heterocycles. The molecule has 0 fully saturated rings. The van der Waals surface area contributed by atoms with Crippen molar-refractivity contribution >= 4 is 42.1 Å². The molecule has 0 saturated carbocycles. The van der Waals surface area contributed by atoms with Gasteiger partial charge in [0.05, 0.1) is 70.5 Å². The van der Waals surface area contributed by atoms with Gasteiger partial charge < -0.3 is 37.6 Å². The van der Waals surface area contributed by atoms with Crippen LogP contribution in [0.2, 0.25) is 0 Å². The summed E-state index contributed by atoms with van der Waals surface area (Å²) >= 11 is 0. The van der Waals surface area contributed by atoms with E-state index in [1.165, 1.54) is 24.5 Å². The number of fused-ring (bicyclic) bond motifs is 2. The van der Waals surface area contributed by atoms with E-state index in [9.17, 15) is 38.9 Å².